The number of allylic oxidation sites excluding steroid dienone is 5. The molecule has 0 saturated heterocycles. The van der Waals surface area contributed by atoms with Crippen molar-refractivity contribution in [2.75, 3.05) is 0 Å². The van der Waals surface area contributed by atoms with E-state index in [1.54, 1.807) is 0 Å². The van der Waals surface area contributed by atoms with Crippen molar-refractivity contribution in [3.8, 4) is 44.9 Å². The van der Waals surface area contributed by atoms with Crippen LogP contribution in [-0.4, -0.2) is 16.2 Å². The normalized spacial score (nSPS) is 16.9. The van der Waals surface area contributed by atoms with Crippen LogP contribution < -0.4 is 0 Å². The van der Waals surface area contributed by atoms with Crippen molar-refractivity contribution in [3.63, 3.8) is 0 Å². The van der Waals surface area contributed by atoms with E-state index in [9.17, 15) is 0 Å². The minimum absolute atomic E-state index is 0.180. The Labute approximate surface area is 292 Å². The topological polar surface area (TPSA) is 38.1 Å². The molecule has 9 rings (SSSR count). The van der Waals surface area contributed by atoms with Crippen LogP contribution in [0.2, 0.25) is 0 Å². The van der Waals surface area contributed by atoms with E-state index in [0.717, 1.165) is 41.2 Å². The Morgan fingerprint density at radius 3 is 1.62 bits per heavy atom. The van der Waals surface area contributed by atoms with Gasteiger partial charge in [0.15, 0.2) is 5.82 Å². The predicted molar refractivity (Wildman–Crippen MR) is 209 cm³/mol. The summed E-state index contributed by atoms with van der Waals surface area (Å²) in [6.07, 6.45) is 14.9. The summed E-state index contributed by atoms with van der Waals surface area (Å²) in [7, 11) is 0. The molecule has 1 aliphatic heterocycles. The quantitative estimate of drug-likeness (QED) is 0.169. The molecule has 0 saturated carbocycles. The van der Waals surface area contributed by atoms with Crippen molar-refractivity contribution in [1.82, 2.24) is 9.97 Å². The average molecular weight is 642 g/mol. The van der Waals surface area contributed by atoms with Gasteiger partial charge in [0.2, 0.25) is 0 Å². The van der Waals surface area contributed by atoms with Crippen LogP contribution in [0.5, 0.6) is 0 Å². The molecule has 0 bridgehead atoms. The summed E-state index contributed by atoms with van der Waals surface area (Å²) >= 11 is 0. The molecule has 0 amide bonds. The fourth-order valence-corrected chi connectivity index (χ4v) is 7.52. The lowest BCUT2D eigenvalue weighted by Gasteiger charge is -2.21. The molecule has 50 heavy (non-hydrogen) atoms. The predicted octanol–water partition coefficient (Wildman–Crippen LogP) is 12.0. The molecule has 2 heterocycles. The molecule has 0 fully saturated rings. The van der Waals surface area contributed by atoms with Crippen LogP contribution >= 0.6 is 0 Å². The zero-order valence-electron chi connectivity index (χ0n) is 27.7. The standard InChI is InChI=1S/C47H35N3/c1-3-12-33(13-4-1)43-30-44(34-23-21-32(22-24-34)38-16-11-29-48-31-38)50-47(49-43)37-27-25-36(26-28-37)46-41-19-9-7-17-39(41)45(35-14-5-2-6-15-35)40-18-8-10-20-42(40)46/h1-15,17-23,25-31,34,38H,16,24H2. The van der Waals surface area contributed by atoms with Crippen molar-refractivity contribution in [1.29, 1.82) is 0 Å². The summed E-state index contributed by atoms with van der Waals surface area (Å²) in [5, 5.41) is 5.00. The van der Waals surface area contributed by atoms with Crippen LogP contribution in [0, 0.1) is 5.92 Å². The van der Waals surface area contributed by atoms with Gasteiger partial charge in [-0.15, -0.1) is 0 Å². The Morgan fingerprint density at radius 2 is 1.06 bits per heavy atom. The fraction of sp³-hybridized carbons (Fsp3) is 0.0851. The molecule has 3 nitrogen and oxygen atoms in total. The molecular formula is C47H35N3. The molecule has 0 spiro atoms. The Kier molecular flexibility index (Phi) is 7.79. The summed E-state index contributed by atoms with van der Waals surface area (Å²) in [5.74, 6) is 1.27. The minimum Gasteiger partial charge on any atom is -0.269 e. The Morgan fingerprint density at radius 1 is 0.500 bits per heavy atom. The molecule has 2 unspecified atom stereocenters. The van der Waals surface area contributed by atoms with E-state index in [1.165, 1.54) is 49.4 Å². The van der Waals surface area contributed by atoms with Crippen LogP contribution in [-0.2, 0) is 0 Å². The number of hydrogen-bond acceptors (Lipinski definition) is 3. The molecule has 1 aliphatic carbocycles. The van der Waals surface area contributed by atoms with Gasteiger partial charge in [0, 0.05) is 35.4 Å². The van der Waals surface area contributed by atoms with Gasteiger partial charge in [-0.3, -0.25) is 4.99 Å². The van der Waals surface area contributed by atoms with Gasteiger partial charge in [-0.05, 0) is 68.3 Å². The van der Waals surface area contributed by atoms with Crippen LogP contribution in [0.3, 0.4) is 0 Å². The lowest BCUT2D eigenvalue weighted by atomic mass is 9.86. The van der Waals surface area contributed by atoms with Crippen molar-refractivity contribution in [3.05, 3.63) is 181 Å². The zero-order chi connectivity index (χ0) is 33.3. The van der Waals surface area contributed by atoms with E-state index in [1.807, 2.05) is 12.3 Å². The third kappa shape index (κ3) is 5.57. The smallest absolute Gasteiger partial charge is 0.160 e. The first-order chi connectivity index (χ1) is 24.8. The molecule has 0 radical (unpaired) electrons. The average Bonchev–Trinajstić information content (AvgIpc) is 3.21. The molecule has 0 N–H and O–H groups in total. The molecule has 7 aromatic rings. The van der Waals surface area contributed by atoms with E-state index >= 15 is 0 Å². The molecular weight excluding hydrogens is 607 g/mol. The molecule has 2 aliphatic rings. The van der Waals surface area contributed by atoms with Gasteiger partial charge in [0.25, 0.3) is 0 Å². The maximum atomic E-state index is 5.21. The maximum Gasteiger partial charge on any atom is 0.160 e. The van der Waals surface area contributed by atoms with Crippen molar-refractivity contribution < 1.29 is 0 Å². The van der Waals surface area contributed by atoms with Crippen LogP contribution in [0.25, 0.3) is 66.4 Å². The van der Waals surface area contributed by atoms with E-state index in [-0.39, 0.29) is 5.92 Å². The number of aromatic nitrogens is 2. The lowest BCUT2D eigenvalue weighted by Crippen LogP contribution is -2.10. The molecule has 238 valence electrons. The molecule has 2 atom stereocenters. The first-order valence-corrected chi connectivity index (χ1v) is 17.4. The second-order valence-corrected chi connectivity index (χ2v) is 13.1. The second kappa shape index (κ2) is 13.0. The second-order valence-electron chi connectivity index (χ2n) is 13.1. The first-order valence-electron chi connectivity index (χ1n) is 17.4. The van der Waals surface area contributed by atoms with Gasteiger partial charge in [-0.1, -0.05) is 158 Å². The number of benzene rings is 6. The highest BCUT2D eigenvalue weighted by molar-refractivity contribution is 6.21. The number of nitrogens with zero attached hydrogens (tertiary/aromatic N) is 3. The largest absolute Gasteiger partial charge is 0.269 e. The SMILES string of the molecule is C1=CN=CC(C2=CCC(c3cc(-c4ccccc4)nc(-c4ccc(-c5c6ccccc6c(-c6ccccc6)c6ccccc56)cc4)n3)C=C2)C1. The van der Waals surface area contributed by atoms with Crippen LogP contribution in [0.15, 0.2) is 181 Å². The summed E-state index contributed by atoms with van der Waals surface area (Å²) in [4.78, 5) is 14.7. The fourth-order valence-electron chi connectivity index (χ4n) is 7.52. The summed E-state index contributed by atoms with van der Waals surface area (Å²) in [6, 6.07) is 49.8. The van der Waals surface area contributed by atoms with Gasteiger partial charge >= 0.3 is 0 Å². The Bertz CT molecular complexity index is 2410. The van der Waals surface area contributed by atoms with Crippen LogP contribution in [0.1, 0.15) is 24.5 Å². The number of hydrogen-bond donors (Lipinski definition) is 0. The maximum absolute atomic E-state index is 5.21. The monoisotopic (exact) mass is 641 g/mol. The number of aliphatic imine (C=N–C) groups is 1. The highest BCUT2D eigenvalue weighted by atomic mass is 14.9. The van der Waals surface area contributed by atoms with Gasteiger partial charge in [-0.25, -0.2) is 9.97 Å². The van der Waals surface area contributed by atoms with Gasteiger partial charge in [0.1, 0.15) is 0 Å². The molecule has 3 heteroatoms. The van der Waals surface area contributed by atoms with Crippen molar-refractivity contribution >= 4 is 27.8 Å². The third-order valence-corrected chi connectivity index (χ3v) is 10.0. The van der Waals surface area contributed by atoms with Crippen LogP contribution in [0.4, 0.5) is 0 Å². The summed E-state index contributed by atoms with van der Waals surface area (Å²) in [5.41, 5.74) is 10.3. The van der Waals surface area contributed by atoms with Gasteiger partial charge in [0.05, 0.1) is 11.4 Å². The highest BCUT2D eigenvalue weighted by Crippen LogP contribution is 2.44. The number of rotatable bonds is 6. The van der Waals surface area contributed by atoms with Crippen molar-refractivity contribution in [2.24, 2.45) is 10.9 Å². The Hall–Kier alpha value is -6.19. The zero-order valence-corrected chi connectivity index (χ0v) is 27.7. The van der Waals surface area contributed by atoms with Gasteiger partial charge < -0.3 is 0 Å². The summed E-state index contributed by atoms with van der Waals surface area (Å²) < 4.78 is 0. The van der Waals surface area contributed by atoms with E-state index in [4.69, 9.17) is 9.97 Å². The number of fused-ring (bicyclic) bond motifs is 2. The Balaban J connectivity index is 1.13. The molecule has 6 aromatic carbocycles. The van der Waals surface area contributed by atoms with E-state index < -0.39 is 0 Å². The van der Waals surface area contributed by atoms with Gasteiger partial charge in [-0.2, -0.15) is 0 Å². The minimum atomic E-state index is 0.180. The summed E-state index contributed by atoms with van der Waals surface area (Å²) in [6.45, 7) is 0. The third-order valence-electron chi connectivity index (χ3n) is 10.0. The van der Waals surface area contributed by atoms with E-state index in [2.05, 4.69) is 169 Å². The lowest BCUT2D eigenvalue weighted by molar-refractivity contribution is 0.768. The highest BCUT2D eigenvalue weighted by Gasteiger charge is 2.21. The van der Waals surface area contributed by atoms with E-state index in [0.29, 0.717) is 5.92 Å². The molecule has 1 aromatic heterocycles. The van der Waals surface area contributed by atoms with Crippen molar-refractivity contribution in [2.45, 2.75) is 18.8 Å². The first kappa shape index (κ1) is 29.9.